The van der Waals surface area contributed by atoms with E-state index in [2.05, 4.69) is 19.2 Å². The van der Waals surface area contributed by atoms with Crippen molar-refractivity contribution in [2.75, 3.05) is 5.75 Å². The Morgan fingerprint density at radius 2 is 1.94 bits per heavy atom. The largest absolute Gasteiger partial charge is 0.306 e. The van der Waals surface area contributed by atoms with Gasteiger partial charge in [-0.25, -0.2) is 8.42 Å². The van der Waals surface area contributed by atoms with Crippen LogP contribution in [-0.4, -0.2) is 20.2 Å². The molecule has 1 saturated carbocycles. The SMILES string of the molecule is CC1(C)CC1NC1CS(=O)(=O)c2ccccc21. The third kappa shape index (κ3) is 1.79. The van der Waals surface area contributed by atoms with E-state index in [0.717, 1.165) is 12.0 Å². The molecular formula is C13H17NO2S. The normalized spacial score (nSPS) is 32.1. The minimum atomic E-state index is -3.07. The van der Waals surface area contributed by atoms with E-state index in [-0.39, 0.29) is 11.8 Å². The van der Waals surface area contributed by atoms with Crippen molar-refractivity contribution in [3.8, 4) is 0 Å². The molecule has 0 spiro atoms. The second kappa shape index (κ2) is 3.33. The average molecular weight is 251 g/mol. The fourth-order valence-electron chi connectivity index (χ4n) is 2.58. The van der Waals surface area contributed by atoms with Gasteiger partial charge in [-0.3, -0.25) is 0 Å². The van der Waals surface area contributed by atoms with Crippen molar-refractivity contribution in [3.63, 3.8) is 0 Å². The summed E-state index contributed by atoms with van der Waals surface area (Å²) in [4.78, 5) is 0.510. The van der Waals surface area contributed by atoms with Crippen molar-refractivity contribution in [2.45, 2.75) is 37.2 Å². The number of benzene rings is 1. The van der Waals surface area contributed by atoms with Gasteiger partial charge in [0, 0.05) is 12.1 Å². The number of fused-ring (bicyclic) bond motifs is 1. The van der Waals surface area contributed by atoms with Crippen LogP contribution in [-0.2, 0) is 9.84 Å². The van der Waals surface area contributed by atoms with Crippen LogP contribution in [0.1, 0.15) is 31.9 Å². The summed E-state index contributed by atoms with van der Waals surface area (Å²) >= 11 is 0. The summed E-state index contributed by atoms with van der Waals surface area (Å²) in [5.41, 5.74) is 1.26. The van der Waals surface area contributed by atoms with Gasteiger partial charge in [-0.1, -0.05) is 32.0 Å². The van der Waals surface area contributed by atoms with E-state index in [1.807, 2.05) is 12.1 Å². The Bertz CT molecular complexity index is 563. The third-order valence-corrected chi connectivity index (χ3v) is 5.75. The van der Waals surface area contributed by atoms with Gasteiger partial charge in [-0.2, -0.15) is 0 Å². The molecule has 3 rings (SSSR count). The summed E-state index contributed by atoms with van der Waals surface area (Å²) in [6.07, 6.45) is 1.13. The van der Waals surface area contributed by atoms with E-state index in [1.54, 1.807) is 12.1 Å². The quantitative estimate of drug-likeness (QED) is 0.873. The molecule has 0 aromatic heterocycles. The van der Waals surface area contributed by atoms with Gasteiger partial charge >= 0.3 is 0 Å². The third-order valence-electron chi connectivity index (χ3n) is 3.93. The van der Waals surface area contributed by atoms with Crippen LogP contribution in [0.3, 0.4) is 0 Å². The Hall–Kier alpha value is -0.870. The molecular weight excluding hydrogens is 234 g/mol. The van der Waals surface area contributed by atoms with Crippen molar-refractivity contribution >= 4 is 9.84 Å². The van der Waals surface area contributed by atoms with Crippen LogP contribution in [0.15, 0.2) is 29.2 Å². The van der Waals surface area contributed by atoms with Gasteiger partial charge in [-0.05, 0) is 23.5 Å². The Morgan fingerprint density at radius 1 is 1.29 bits per heavy atom. The van der Waals surface area contributed by atoms with Gasteiger partial charge in [-0.15, -0.1) is 0 Å². The summed E-state index contributed by atoms with van der Waals surface area (Å²) in [7, 11) is -3.07. The zero-order valence-corrected chi connectivity index (χ0v) is 10.9. The first-order valence-electron chi connectivity index (χ1n) is 5.98. The molecule has 0 bridgehead atoms. The summed E-state index contributed by atoms with van der Waals surface area (Å²) in [5.74, 6) is 0.207. The Balaban J connectivity index is 1.90. The summed E-state index contributed by atoms with van der Waals surface area (Å²) in [6.45, 7) is 4.42. The van der Waals surface area contributed by atoms with Crippen LogP contribution in [0.2, 0.25) is 0 Å². The number of sulfone groups is 1. The molecule has 17 heavy (non-hydrogen) atoms. The smallest absolute Gasteiger partial charge is 0.180 e. The summed E-state index contributed by atoms with van der Waals surface area (Å²) in [5, 5.41) is 3.48. The van der Waals surface area contributed by atoms with Crippen LogP contribution >= 0.6 is 0 Å². The fourth-order valence-corrected chi connectivity index (χ4v) is 4.33. The van der Waals surface area contributed by atoms with Crippen LogP contribution in [0.5, 0.6) is 0 Å². The maximum Gasteiger partial charge on any atom is 0.180 e. The lowest BCUT2D eigenvalue weighted by Crippen LogP contribution is -2.27. The number of hydrogen-bond acceptors (Lipinski definition) is 3. The number of hydrogen-bond donors (Lipinski definition) is 1. The van der Waals surface area contributed by atoms with Crippen LogP contribution in [0, 0.1) is 5.41 Å². The molecule has 1 aromatic carbocycles. The second-order valence-corrected chi connectivity index (χ2v) is 7.79. The first-order valence-corrected chi connectivity index (χ1v) is 7.63. The van der Waals surface area contributed by atoms with E-state index in [9.17, 15) is 8.42 Å². The monoisotopic (exact) mass is 251 g/mol. The minimum absolute atomic E-state index is 0.0250. The molecule has 0 amide bonds. The Kier molecular flexibility index (Phi) is 2.20. The van der Waals surface area contributed by atoms with Gasteiger partial charge in [0.15, 0.2) is 9.84 Å². The van der Waals surface area contributed by atoms with E-state index in [1.165, 1.54) is 0 Å². The average Bonchev–Trinajstić information content (AvgIpc) is 2.75. The zero-order chi connectivity index (χ0) is 12.3. The Labute approximate surface area is 102 Å². The van der Waals surface area contributed by atoms with Crippen molar-refractivity contribution in [1.29, 1.82) is 0 Å². The molecule has 2 atom stereocenters. The zero-order valence-electron chi connectivity index (χ0n) is 10.1. The molecule has 0 radical (unpaired) electrons. The maximum atomic E-state index is 12.0. The number of nitrogens with one attached hydrogen (secondary N) is 1. The van der Waals surface area contributed by atoms with Crippen LogP contribution in [0.4, 0.5) is 0 Å². The first kappa shape index (κ1) is 11.2. The predicted octanol–water partition coefficient (Wildman–Crippen LogP) is 1.90. The molecule has 3 nitrogen and oxygen atoms in total. The van der Waals surface area contributed by atoms with Gasteiger partial charge in [0.25, 0.3) is 0 Å². The van der Waals surface area contributed by atoms with Crippen LogP contribution in [0.25, 0.3) is 0 Å². The second-order valence-electron chi connectivity index (χ2n) is 5.78. The van der Waals surface area contributed by atoms with Crippen molar-refractivity contribution in [1.82, 2.24) is 5.32 Å². The molecule has 2 unspecified atom stereocenters. The van der Waals surface area contributed by atoms with Gasteiger partial charge in [0.05, 0.1) is 10.6 Å². The van der Waals surface area contributed by atoms with E-state index in [4.69, 9.17) is 0 Å². The summed E-state index contributed by atoms with van der Waals surface area (Å²) in [6, 6.07) is 7.76. The lowest BCUT2D eigenvalue weighted by atomic mass is 10.1. The maximum absolute atomic E-state index is 12.0. The van der Waals surface area contributed by atoms with Crippen molar-refractivity contribution < 1.29 is 8.42 Å². The van der Waals surface area contributed by atoms with E-state index in [0.29, 0.717) is 16.4 Å². The molecule has 92 valence electrons. The van der Waals surface area contributed by atoms with Crippen molar-refractivity contribution in [2.24, 2.45) is 5.41 Å². The van der Waals surface area contributed by atoms with E-state index >= 15 is 0 Å². The molecule has 1 aliphatic heterocycles. The van der Waals surface area contributed by atoms with Gasteiger partial charge in [0.2, 0.25) is 0 Å². The highest BCUT2D eigenvalue weighted by molar-refractivity contribution is 7.91. The van der Waals surface area contributed by atoms with Crippen LogP contribution < -0.4 is 5.32 Å². The molecule has 1 aromatic rings. The molecule has 1 N–H and O–H groups in total. The topological polar surface area (TPSA) is 46.2 Å². The lowest BCUT2D eigenvalue weighted by molar-refractivity contribution is 0.493. The minimum Gasteiger partial charge on any atom is -0.306 e. The summed E-state index contributed by atoms with van der Waals surface area (Å²) < 4.78 is 24.0. The van der Waals surface area contributed by atoms with Gasteiger partial charge in [0.1, 0.15) is 0 Å². The molecule has 0 saturated heterocycles. The molecule has 1 fully saturated rings. The predicted molar refractivity (Wildman–Crippen MR) is 66.6 cm³/mol. The molecule has 1 aliphatic carbocycles. The lowest BCUT2D eigenvalue weighted by Gasteiger charge is -2.13. The standard InChI is InChI=1S/C13H17NO2S/c1-13(2)7-12(13)14-10-8-17(15,16)11-6-4-3-5-9(10)11/h3-6,10,12,14H,7-8H2,1-2H3. The highest BCUT2D eigenvalue weighted by atomic mass is 32.2. The number of rotatable bonds is 2. The highest BCUT2D eigenvalue weighted by Gasteiger charge is 2.48. The molecule has 1 heterocycles. The van der Waals surface area contributed by atoms with Crippen molar-refractivity contribution in [3.05, 3.63) is 29.8 Å². The van der Waals surface area contributed by atoms with E-state index < -0.39 is 9.84 Å². The van der Waals surface area contributed by atoms with Gasteiger partial charge < -0.3 is 5.32 Å². The Morgan fingerprint density at radius 3 is 2.59 bits per heavy atom. The molecule has 2 aliphatic rings. The highest BCUT2D eigenvalue weighted by Crippen LogP contribution is 2.47. The molecule has 4 heteroatoms. The first-order chi connectivity index (χ1) is 7.90. The fraction of sp³-hybridized carbons (Fsp3) is 0.538.